The topological polar surface area (TPSA) is 52.8 Å². The molecule has 0 N–H and O–H groups in total. The molecule has 0 aliphatic carbocycles. The number of para-hydroxylation sites is 1. The number of rotatable bonds is 9. The smallest absolute Gasteiger partial charge is 0.192 e. The van der Waals surface area contributed by atoms with E-state index in [1.807, 2.05) is 37.3 Å². The van der Waals surface area contributed by atoms with Crippen molar-refractivity contribution in [3.05, 3.63) is 77.8 Å². The van der Waals surface area contributed by atoms with Crippen molar-refractivity contribution in [3.8, 4) is 27.7 Å². The minimum absolute atomic E-state index is 0.598. The molecule has 0 aliphatic rings. The summed E-state index contributed by atoms with van der Waals surface area (Å²) in [6, 6.07) is 16.3. The van der Waals surface area contributed by atoms with Gasteiger partial charge in [-0.2, -0.15) is 0 Å². The predicted molar refractivity (Wildman–Crippen MR) is 129 cm³/mol. The summed E-state index contributed by atoms with van der Waals surface area (Å²) in [6.07, 6.45) is 1.86. The first-order valence-corrected chi connectivity index (χ1v) is 12.0. The van der Waals surface area contributed by atoms with Gasteiger partial charge in [0.1, 0.15) is 10.8 Å². The van der Waals surface area contributed by atoms with Gasteiger partial charge in [-0.3, -0.25) is 4.57 Å². The largest absolute Gasteiger partial charge is 0.493 e. The van der Waals surface area contributed by atoms with Crippen LogP contribution in [0.25, 0.3) is 22.0 Å². The monoisotopic (exact) mass is 448 g/mol. The van der Waals surface area contributed by atoms with Crippen LogP contribution in [0.5, 0.6) is 5.75 Å². The molecule has 7 heteroatoms. The fourth-order valence-corrected chi connectivity index (χ4v) is 5.12. The van der Waals surface area contributed by atoms with Gasteiger partial charge in [-0.25, -0.2) is 4.98 Å². The third-order valence-corrected chi connectivity index (χ3v) is 6.66. The third-order valence-electron chi connectivity index (χ3n) is 4.73. The summed E-state index contributed by atoms with van der Waals surface area (Å²) < 4.78 is 7.87. The molecular weight excluding hydrogens is 424 g/mol. The third kappa shape index (κ3) is 4.73. The van der Waals surface area contributed by atoms with Crippen LogP contribution in [0.2, 0.25) is 0 Å². The summed E-state index contributed by atoms with van der Waals surface area (Å²) in [4.78, 5) is 4.84. The van der Waals surface area contributed by atoms with Gasteiger partial charge in [-0.05, 0) is 31.5 Å². The van der Waals surface area contributed by atoms with Crippen molar-refractivity contribution in [1.29, 1.82) is 0 Å². The van der Waals surface area contributed by atoms with Crippen LogP contribution in [0.1, 0.15) is 18.2 Å². The molecule has 0 bridgehead atoms. The predicted octanol–water partition coefficient (Wildman–Crippen LogP) is 6.25. The lowest BCUT2D eigenvalue weighted by Crippen LogP contribution is -2.02. The van der Waals surface area contributed by atoms with Crippen LogP contribution in [0, 0.1) is 6.92 Å². The molecule has 31 heavy (non-hydrogen) atoms. The van der Waals surface area contributed by atoms with Gasteiger partial charge in [0, 0.05) is 23.2 Å². The zero-order valence-corrected chi connectivity index (χ0v) is 19.2. The van der Waals surface area contributed by atoms with E-state index in [1.54, 1.807) is 23.1 Å². The van der Waals surface area contributed by atoms with E-state index in [4.69, 9.17) is 9.72 Å². The van der Waals surface area contributed by atoms with E-state index in [0.717, 1.165) is 38.7 Å². The maximum Gasteiger partial charge on any atom is 0.192 e. The zero-order chi connectivity index (χ0) is 21.6. The van der Waals surface area contributed by atoms with Crippen molar-refractivity contribution in [1.82, 2.24) is 19.7 Å². The summed E-state index contributed by atoms with van der Waals surface area (Å²) in [5.41, 5.74) is 4.39. The molecule has 0 atom stereocenters. The molecule has 2 heterocycles. The normalized spacial score (nSPS) is 10.9. The Balaban J connectivity index is 1.56. The Morgan fingerprint density at radius 1 is 1.10 bits per heavy atom. The highest BCUT2D eigenvalue weighted by molar-refractivity contribution is 7.98. The van der Waals surface area contributed by atoms with Crippen molar-refractivity contribution in [2.45, 2.75) is 31.3 Å². The molecule has 0 spiro atoms. The van der Waals surface area contributed by atoms with Crippen LogP contribution in [0.3, 0.4) is 0 Å². The number of aryl methyl sites for hydroxylation is 1. The first kappa shape index (κ1) is 21.3. The minimum Gasteiger partial charge on any atom is -0.493 e. The Kier molecular flexibility index (Phi) is 6.84. The first-order valence-electron chi connectivity index (χ1n) is 10.1. The van der Waals surface area contributed by atoms with E-state index >= 15 is 0 Å². The molecule has 0 aliphatic heterocycles. The number of allylic oxidation sites excluding steroid dienone is 1. The molecule has 0 radical (unpaired) electrons. The quantitative estimate of drug-likeness (QED) is 0.224. The van der Waals surface area contributed by atoms with Gasteiger partial charge in [0.2, 0.25) is 0 Å². The van der Waals surface area contributed by atoms with Gasteiger partial charge in [0.25, 0.3) is 0 Å². The lowest BCUT2D eigenvalue weighted by atomic mass is 10.1. The van der Waals surface area contributed by atoms with Gasteiger partial charge in [-0.1, -0.05) is 54.2 Å². The Hall–Kier alpha value is -2.90. The van der Waals surface area contributed by atoms with Crippen LogP contribution >= 0.6 is 23.1 Å². The average Bonchev–Trinajstić information content (AvgIpc) is 3.41. The number of thiazole rings is 1. The van der Waals surface area contributed by atoms with Crippen molar-refractivity contribution in [3.63, 3.8) is 0 Å². The van der Waals surface area contributed by atoms with Crippen LogP contribution < -0.4 is 4.74 Å². The van der Waals surface area contributed by atoms with Crippen LogP contribution in [0.15, 0.2) is 71.7 Å². The van der Waals surface area contributed by atoms with Gasteiger partial charge in [-0.15, -0.1) is 28.1 Å². The minimum atomic E-state index is 0.598. The molecule has 0 saturated heterocycles. The zero-order valence-electron chi connectivity index (χ0n) is 17.6. The highest BCUT2D eigenvalue weighted by Crippen LogP contribution is 2.33. The second kappa shape index (κ2) is 9.94. The molecule has 0 fully saturated rings. The summed E-state index contributed by atoms with van der Waals surface area (Å²) >= 11 is 3.31. The Morgan fingerprint density at radius 2 is 1.87 bits per heavy atom. The standard InChI is InChI=1S/C24H24N4OS2/c1-4-14-28-22(20-12-8-9-13-21(20)29-5-2)26-27-24(28)31-16-18-15-30-23(25-18)19-11-7-6-10-17(19)3/h4,6-13,15H,1,5,14,16H2,2-3H3. The molecule has 2 aromatic heterocycles. The molecule has 5 nitrogen and oxygen atoms in total. The number of benzene rings is 2. The van der Waals surface area contributed by atoms with Crippen molar-refractivity contribution in [2.75, 3.05) is 6.61 Å². The molecule has 0 unspecified atom stereocenters. The fraction of sp³-hybridized carbons (Fsp3) is 0.208. The van der Waals surface area contributed by atoms with E-state index in [0.29, 0.717) is 13.2 Å². The lowest BCUT2D eigenvalue weighted by Gasteiger charge is -2.11. The molecule has 0 amide bonds. The lowest BCUT2D eigenvalue weighted by molar-refractivity contribution is 0.341. The number of nitrogens with zero attached hydrogens (tertiary/aromatic N) is 4. The fourth-order valence-electron chi connectivity index (χ4n) is 3.27. The number of hydrogen-bond donors (Lipinski definition) is 0. The number of hydrogen-bond acceptors (Lipinski definition) is 6. The van der Waals surface area contributed by atoms with Crippen molar-refractivity contribution in [2.24, 2.45) is 0 Å². The highest BCUT2D eigenvalue weighted by atomic mass is 32.2. The first-order chi connectivity index (χ1) is 15.2. The number of ether oxygens (including phenoxy) is 1. The summed E-state index contributed by atoms with van der Waals surface area (Å²) in [6.45, 7) is 9.22. The maximum atomic E-state index is 5.80. The second-order valence-corrected chi connectivity index (χ2v) is 8.68. The SMILES string of the molecule is C=CCn1c(SCc2csc(-c3ccccc3C)n2)nnc1-c1ccccc1OCC. The van der Waals surface area contributed by atoms with Crippen LogP contribution in [-0.2, 0) is 12.3 Å². The molecule has 2 aromatic carbocycles. The van der Waals surface area contributed by atoms with Crippen LogP contribution in [0.4, 0.5) is 0 Å². The van der Waals surface area contributed by atoms with Gasteiger partial charge >= 0.3 is 0 Å². The maximum absolute atomic E-state index is 5.80. The number of aromatic nitrogens is 4. The Bertz CT molecular complexity index is 1180. The molecule has 4 aromatic rings. The van der Waals surface area contributed by atoms with E-state index < -0.39 is 0 Å². The average molecular weight is 449 g/mol. The number of thioether (sulfide) groups is 1. The molecular formula is C24H24N4OS2. The van der Waals surface area contributed by atoms with Crippen molar-refractivity contribution >= 4 is 23.1 Å². The van der Waals surface area contributed by atoms with Gasteiger partial charge in [0.15, 0.2) is 11.0 Å². The van der Waals surface area contributed by atoms with E-state index in [2.05, 4.69) is 57.9 Å². The van der Waals surface area contributed by atoms with Gasteiger partial charge < -0.3 is 4.74 Å². The van der Waals surface area contributed by atoms with E-state index in [-0.39, 0.29) is 0 Å². The highest BCUT2D eigenvalue weighted by Gasteiger charge is 2.17. The molecule has 158 valence electrons. The Morgan fingerprint density at radius 3 is 2.65 bits per heavy atom. The summed E-state index contributed by atoms with van der Waals surface area (Å²) in [7, 11) is 0. The van der Waals surface area contributed by atoms with Crippen molar-refractivity contribution < 1.29 is 4.74 Å². The van der Waals surface area contributed by atoms with Crippen LogP contribution in [-0.4, -0.2) is 26.4 Å². The summed E-state index contributed by atoms with van der Waals surface area (Å²) in [5.74, 6) is 2.32. The van der Waals surface area contributed by atoms with E-state index in [9.17, 15) is 0 Å². The Labute approximate surface area is 190 Å². The molecule has 4 rings (SSSR count). The second-order valence-electron chi connectivity index (χ2n) is 6.88. The summed E-state index contributed by atoms with van der Waals surface area (Å²) in [5, 5.41) is 12.9. The molecule has 0 saturated carbocycles. The van der Waals surface area contributed by atoms with E-state index in [1.165, 1.54) is 11.1 Å². The van der Waals surface area contributed by atoms with Gasteiger partial charge in [0.05, 0.1) is 17.9 Å².